The zero-order chi connectivity index (χ0) is 14.6. The highest BCUT2D eigenvalue weighted by Gasteiger charge is 2.18. The van der Waals surface area contributed by atoms with Crippen molar-refractivity contribution in [2.24, 2.45) is 0 Å². The molecule has 2 aromatic carbocycles. The second-order valence-corrected chi connectivity index (χ2v) is 5.42. The molecule has 0 radical (unpaired) electrons. The summed E-state index contributed by atoms with van der Waals surface area (Å²) in [5, 5.41) is 0. The van der Waals surface area contributed by atoms with Crippen LogP contribution in [-0.4, -0.2) is 21.8 Å². The van der Waals surface area contributed by atoms with Crippen molar-refractivity contribution in [1.29, 1.82) is 0 Å². The van der Waals surface area contributed by atoms with Crippen LogP contribution in [0.2, 0.25) is 0 Å². The molecule has 0 spiro atoms. The Kier molecular flexibility index (Phi) is 4.05. The van der Waals surface area contributed by atoms with E-state index in [-0.39, 0.29) is 16.2 Å². The maximum absolute atomic E-state index is 12.1. The fraction of sp³-hybridized carbons (Fsp3) is 0.0714. The molecular formula is C14H12O5S. The van der Waals surface area contributed by atoms with Gasteiger partial charge in [0.25, 0.3) is 0 Å². The van der Waals surface area contributed by atoms with Gasteiger partial charge in [0.1, 0.15) is 16.4 Å². The Bertz CT molecular complexity index is 708. The molecule has 0 amide bonds. The number of ether oxygens (including phenoxy) is 1. The second kappa shape index (κ2) is 5.75. The third-order valence-electron chi connectivity index (χ3n) is 2.57. The first-order valence-corrected chi connectivity index (χ1v) is 7.10. The SMILES string of the molecule is COc1ccc(S(=O)(=O)Oc2ccccc2)cc1C=O. The molecule has 0 bridgehead atoms. The molecular weight excluding hydrogens is 280 g/mol. The summed E-state index contributed by atoms with van der Waals surface area (Å²) >= 11 is 0. The van der Waals surface area contributed by atoms with Crippen molar-refractivity contribution in [3.05, 3.63) is 54.1 Å². The Hall–Kier alpha value is -2.34. The maximum atomic E-state index is 12.1. The first kappa shape index (κ1) is 14.1. The minimum Gasteiger partial charge on any atom is -0.496 e. The predicted molar refractivity (Wildman–Crippen MR) is 72.6 cm³/mol. The van der Waals surface area contributed by atoms with Crippen molar-refractivity contribution in [3.8, 4) is 11.5 Å². The number of aldehydes is 1. The average Bonchev–Trinajstić information content (AvgIpc) is 2.47. The van der Waals surface area contributed by atoms with Gasteiger partial charge in [0, 0.05) is 0 Å². The summed E-state index contributed by atoms with van der Waals surface area (Å²) in [5.74, 6) is 0.509. The summed E-state index contributed by atoms with van der Waals surface area (Å²) in [6.45, 7) is 0. The smallest absolute Gasteiger partial charge is 0.339 e. The molecule has 0 heterocycles. The van der Waals surface area contributed by atoms with E-state index in [1.807, 2.05) is 0 Å². The molecule has 6 heteroatoms. The molecule has 2 aromatic rings. The van der Waals surface area contributed by atoms with E-state index in [4.69, 9.17) is 8.92 Å². The quantitative estimate of drug-likeness (QED) is 0.624. The van der Waals surface area contributed by atoms with Gasteiger partial charge in [-0.25, -0.2) is 0 Å². The van der Waals surface area contributed by atoms with E-state index >= 15 is 0 Å². The van der Waals surface area contributed by atoms with Crippen LogP contribution < -0.4 is 8.92 Å². The van der Waals surface area contributed by atoms with Crippen LogP contribution in [-0.2, 0) is 10.1 Å². The second-order valence-electron chi connectivity index (χ2n) is 3.87. The van der Waals surface area contributed by atoms with Gasteiger partial charge >= 0.3 is 10.1 Å². The number of hydrogen-bond donors (Lipinski definition) is 0. The topological polar surface area (TPSA) is 69.7 Å². The molecule has 0 aliphatic heterocycles. The van der Waals surface area contributed by atoms with E-state index in [0.717, 1.165) is 0 Å². The highest BCUT2D eigenvalue weighted by molar-refractivity contribution is 7.87. The standard InChI is InChI=1S/C14H12O5S/c1-18-14-8-7-13(9-11(14)10-15)20(16,17)19-12-5-3-2-4-6-12/h2-10H,1H3. The van der Waals surface area contributed by atoms with Crippen LogP contribution in [0.15, 0.2) is 53.4 Å². The lowest BCUT2D eigenvalue weighted by Crippen LogP contribution is -2.10. The van der Waals surface area contributed by atoms with Gasteiger partial charge in [-0.05, 0) is 30.3 Å². The third-order valence-corrected chi connectivity index (χ3v) is 3.81. The Morgan fingerprint density at radius 1 is 1.05 bits per heavy atom. The molecule has 0 aliphatic carbocycles. The van der Waals surface area contributed by atoms with Crippen LogP contribution in [0.3, 0.4) is 0 Å². The van der Waals surface area contributed by atoms with Gasteiger partial charge in [-0.1, -0.05) is 18.2 Å². The van der Waals surface area contributed by atoms with Crippen LogP contribution in [0.1, 0.15) is 10.4 Å². The van der Waals surface area contributed by atoms with E-state index in [1.54, 1.807) is 18.2 Å². The zero-order valence-corrected chi connectivity index (χ0v) is 11.5. The van der Waals surface area contributed by atoms with E-state index in [1.165, 1.54) is 37.4 Å². The molecule has 104 valence electrons. The molecule has 0 unspecified atom stereocenters. The minimum absolute atomic E-state index is 0.107. The fourth-order valence-electron chi connectivity index (χ4n) is 1.61. The van der Waals surface area contributed by atoms with Crippen LogP contribution >= 0.6 is 0 Å². The lowest BCUT2D eigenvalue weighted by Gasteiger charge is -2.09. The lowest BCUT2D eigenvalue weighted by atomic mass is 10.2. The van der Waals surface area contributed by atoms with E-state index in [2.05, 4.69) is 0 Å². The van der Waals surface area contributed by atoms with Crippen LogP contribution in [0.4, 0.5) is 0 Å². The zero-order valence-electron chi connectivity index (χ0n) is 10.6. The van der Waals surface area contributed by atoms with Gasteiger partial charge in [-0.2, -0.15) is 8.42 Å². The van der Waals surface area contributed by atoms with Gasteiger partial charge in [0.05, 0.1) is 12.7 Å². The summed E-state index contributed by atoms with van der Waals surface area (Å²) in [7, 11) is -2.59. The van der Waals surface area contributed by atoms with Crippen molar-refractivity contribution in [2.75, 3.05) is 7.11 Å². The Labute approximate surface area is 116 Å². The normalized spacial score (nSPS) is 10.8. The van der Waals surface area contributed by atoms with E-state index in [0.29, 0.717) is 12.0 Å². The monoisotopic (exact) mass is 292 g/mol. The van der Waals surface area contributed by atoms with Crippen molar-refractivity contribution >= 4 is 16.4 Å². The van der Waals surface area contributed by atoms with Gasteiger partial charge in [0.15, 0.2) is 6.29 Å². The highest BCUT2D eigenvalue weighted by atomic mass is 32.2. The maximum Gasteiger partial charge on any atom is 0.339 e. The molecule has 20 heavy (non-hydrogen) atoms. The summed E-state index contributed by atoms with van der Waals surface area (Å²) in [5.41, 5.74) is 0.144. The Morgan fingerprint density at radius 2 is 1.75 bits per heavy atom. The van der Waals surface area contributed by atoms with Crippen LogP contribution in [0.5, 0.6) is 11.5 Å². The van der Waals surface area contributed by atoms with E-state index in [9.17, 15) is 13.2 Å². The largest absolute Gasteiger partial charge is 0.496 e. The molecule has 0 atom stereocenters. The van der Waals surface area contributed by atoms with Crippen LogP contribution in [0.25, 0.3) is 0 Å². The number of carbonyl (C=O) groups excluding carboxylic acids is 1. The van der Waals surface area contributed by atoms with Gasteiger partial charge in [0.2, 0.25) is 0 Å². The van der Waals surface area contributed by atoms with Crippen molar-refractivity contribution < 1.29 is 22.1 Å². The fourth-order valence-corrected chi connectivity index (χ4v) is 2.58. The van der Waals surface area contributed by atoms with Crippen molar-refractivity contribution in [3.63, 3.8) is 0 Å². The van der Waals surface area contributed by atoms with Gasteiger partial charge in [-0.15, -0.1) is 0 Å². The molecule has 0 saturated carbocycles. The summed E-state index contributed by atoms with van der Waals surface area (Å²) in [4.78, 5) is 10.8. The molecule has 0 fully saturated rings. The number of carbonyl (C=O) groups is 1. The first-order valence-electron chi connectivity index (χ1n) is 5.69. The van der Waals surface area contributed by atoms with Crippen LogP contribution in [0, 0.1) is 0 Å². The number of para-hydroxylation sites is 1. The van der Waals surface area contributed by atoms with Gasteiger partial charge < -0.3 is 8.92 Å². The van der Waals surface area contributed by atoms with Gasteiger partial charge in [-0.3, -0.25) is 4.79 Å². The number of rotatable bonds is 5. The lowest BCUT2D eigenvalue weighted by molar-refractivity contribution is 0.112. The Balaban J connectivity index is 2.37. The Morgan fingerprint density at radius 3 is 2.35 bits per heavy atom. The molecule has 0 saturated heterocycles. The molecule has 0 aliphatic rings. The average molecular weight is 292 g/mol. The number of hydrogen-bond acceptors (Lipinski definition) is 5. The number of benzene rings is 2. The summed E-state index contributed by atoms with van der Waals surface area (Å²) in [6.07, 6.45) is 0.528. The predicted octanol–water partition coefficient (Wildman–Crippen LogP) is 2.28. The summed E-state index contributed by atoms with van der Waals surface area (Å²) in [6, 6.07) is 12.1. The van der Waals surface area contributed by atoms with Crippen molar-refractivity contribution in [1.82, 2.24) is 0 Å². The molecule has 5 nitrogen and oxygen atoms in total. The molecule has 0 aromatic heterocycles. The van der Waals surface area contributed by atoms with E-state index < -0.39 is 10.1 Å². The third kappa shape index (κ3) is 2.97. The highest BCUT2D eigenvalue weighted by Crippen LogP contribution is 2.23. The molecule has 2 rings (SSSR count). The summed E-state index contributed by atoms with van der Waals surface area (Å²) < 4.78 is 34.1. The molecule has 0 N–H and O–H groups in total. The number of methoxy groups -OCH3 is 1. The first-order chi connectivity index (χ1) is 9.56. The minimum atomic E-state index is -3.99. The van der Waals surface area contributed by atoms with Crippen molar-refractivity contribution in [2.45, 2.75) is 4.90 Å².